The Bertz CT molecular complexity index is 2940. The first kappa shape index (κ1) is 44.7. The van der Waals surface area contributed by atoms with Crippen LogP contribution in [0.25, 0.3) is 77.2 Å². The third-order valence-corrected chi connectivity index (χ3v) is 13.5. The molecule has 10 aromatic rings. The smallest absolute Gasteiger partial charge is 0.184 e. The van der Waals surface area contributed by atoms with Crippen molar-refractivity contribution in [2.75, 3.05) is 0 Å². The maximum absolute atomic E-state index is 3.31. The third-order valence-electron chi connectivity index (χ3n) is 12.1. The molecule has 64 heavy (non-hydrogen) atoms. The van der Waals surface area contributed by atoms with Crippen LogP contribution in [0.2, 0.25) is 0 Å². The molecule has 0 saturated heterocycles. The van der Waals surface area contributed by atoms with E-state index in [0.29, 0.717) is 0 Å². The molecule has 0 amide bonds. The zero-order valence-electron chi connectivity index (χ0n) is 37.7. The Kier molecular flexibility index (Phi) is 13.3. The maximum atomic E-state index is 3.31. The molecule has 0 saturated carbocycles. The molecule has 309 valence electrons. The normalized spacial score (nSPS) is 11.7. The van der Waals surface area contributed by atoms with Crippen LogP contribution in [0.3, 0.4) is 0 Å². The molecule has 0 unspecified atom stereocenters. The molecule has 2 heteroatoms. The van der Waals surface area contributed by atoms with E-state index in [4.69, 9.17) is 0 Å². The van der Waals surface area contributed by atoms with Gasteiger partial charge in [0.1, 0.15) is 0 Å². The van der Waals surface area contributed by atoms with Crippen molar-refractivity contribution in [3.8, 4) is 55.6 Å². The van der Waals surface area contributed by atoms with E-state index in [1.807, 2.05) is 6.07 Å². The van der Waals surface area contributed by atoms with E-state index in [1.54, 1.807) is 0 Å². The molecule has 0 atom stereocenters. The van der Waals surface area contributed by atoms with Crippen LogP contribution in [0, 0.1) is 6.07 Å². The van der Waals surface area contributed by atoms with Crippen molar-refractivity contribution in [3.63, 3.8) is 0 Å². The summed E-state index contributed by atoms with van der Waals surface area (Å²) < 4.78 is 0. The molecular formula is C62H53SiZr. The molecule has 11 rings (SSSR count). The molecule has 3 radical (unpaired) electrons. The molecule has 0 fully saturated rings. The molecular weight excluding hydrogens is 864 g/mol. The number of rotatable bonds is 4. The Labute approximate surface area is 402 Å². The van der Waals surface area contributed by atoms with Crippen LogP contribution >= 0.6 is 0 Å². The van der Waals surface area contributed by atoms with Crippen molar-refractivity contribution in [2.45, 2.75) is 52.4 Å². The molecule has 0 nitrogen and oxygen atoms in total. The van der Waals surface area contributed by atoms with Crippen LogP contribution in [0.4, 0.5) is 0 Å². The summed E-state index contributed by atoms with van der Waals surface area (Å²) in [7, 11) is 0.795. The second kappa shape index (κ2) is 19.0. The van der Waals surface area contributed by atoms with Gasteiger partial charge in [-0.1, -0.05) is 232 Å². The van der Waals surface area contributed by atoms with Crippen LogP contribution in [-0.2, 0) is 37.0 Å². The van der Waals surface area contributed by atoms with Crippen LogP contribution in [0.15, 0.2) is 212 Å². The second-order valence-corrected chi connectivity index (χ2v) is 19.8. The first-order chi connectivity index (χ1) is 30.5. The Morgan fingerprint density at radius 3 is 1.28 bits per heavy atom. The average Bonchev–Trinajstić information content (AvgIpc) is 4.05. The van der Waals surface area contributed by atoms with Gasteiger partial charge in [-0.15, -0.1) is 74.6 Å². The fourth-order valence-electron chi connectivity index (χ4n) is 9.00. The van der Waals surface area contributed by atoms with Gasteiger partial charge in [0, 0.05) is 0 Å². The summed E-state index contributed by atoms with van der Waals surface area (Å²) in [6.45, 7) is 13.7. The zero-order valence-corrected chi connectivity index (χ0v) is 41.2. The van der Waals surface area contributed by atoms with E-state index in [-0.39, 0.29) is 37.0 Å². The topological polar surface area (TPSA) is 0 Å². The van der Waals surface area contributed by atoms with Gasteiger partial charge in [-0.3, -0.25) is 0 Å². The number of hydrogen-bond donors (Lipinski definition) is 0. The van der Waals surface area contributed by atoms with Gasteiger partial charge in [-0.25, -0.2) is 0 Å². The summed E-state index contributed by atoms with van der Waals surface area (Å²) in [4.78, 5) is 0. The molecule has 0 aliphatic carbocycles. The molecule has 1 aliphatic heterocycles. The summed E-state index contributed by atoms with van der Waals surface area (Å²) >= 11 is 0. The van der Waals surface area contributed by atoms with Crippen molar-refractivity contribution in [1.29, 1.82) is 0 Å². The summed E-state index contributed by atoms with van der Waals surface area (Å²) in [5, 5.41) is 8.10. The fourth-order valence-corrected chi connectivity index (χ4v) is 10.3. The predicted octanol–water partition coefficient (Wildman–Crippen LogP) is 15.5. The zero-order chi connectivity index (χ0) is 43.6. The van der Waals surface area contributed by atoms with Gasteiger partial charge in [0.15, 0.2) is 0 Å². The maximum Gasteiger partial charge on any atom is 3.00 e. The standard InChI is InChI=1S/2C25H23.C12H7Si.Zr/c2*1-25(2,3)24-15-8-7-13-22(24)21-14-9-12-19-16-20(17-23(19)21)18-10-5-4-6-11-18;1-3-7-11-9(5-1)10-6-2-4-8-12(10)13-11;/h2*4-17H,1-3H3;1-7H;/q3*-1;+3. The number of benzene rings is 8. The number of fused-ring (bicyclic) bond motifs is 5. The minimum atomic E-state index is 0. The van der Waals surface area contributed by atoms with Crippen molar-refractivity contribution in [2.24, 2.45) is 0 Å². The van der Waals surface area contributed by atoms with Gasteiger partial charge in [-0.05, 0) is 33.1 Å². The van der Waals surface area contributed by atoms with Gasteiger partial charge in [0.05, 0.1) is 9.52 Å². The molecule has 0 bridgehead atoms. The average molecular weight is 917 g/mol. The van der Waals surface area contributed by atoms with Crippen LogP contribution in [0.5, 0.6) is 0 Å². The number of hydrogen-bond acceptors (Lipinski definition) is 0. The van der Waals surface area contributed by atoms with Crippen LogP contribution in [-0.4, -0.2) is 9.52 Å². The van der Waals surface area contributed by atoms with E-state index in [2.05, 4.69) is 254 Å². The first-order valence-electron chi connectivity index (χ1n) is 22.1. The van der Waals surface area contributed by atoms with Crippen molar-refractivity contribution in [1.82, 2.24) is 0 Å². The van der Waals surface area contributed by atoms with Gasteiger partial charge < -0.3 is 0 Å². The first-order valence-corrected chi connectivity index (χ1v) is 23.1. The fraction of sp³-hybridized carbons (Fsp3) is 0.129. The van der Waals surface area contributed by atoms with E-state index in [0.717, 1.165) is 9.52 Å². The predicted molar refractivity (Wildman–Crippen MR) is 274 cm³/mol. The Morgan fingerprint density at radius 2 is 0.797 bits per heavy atom. The summed E-state index contributed by atoms with van der Waals surface area (Å²) in [6, 6.07) is 79.6. The molecule has 10 aromatic carbocycles. The Hall–Kier alpha value is -5.92. The minimum absolute atomic E-state index is 0. The third kappa shape index (κ3) is 9.46. The summed E-state index contributed by atoms with van der Waals surface area (Å²) in [5.74, 6) is 0. The van der Waals surface area contributed by atoms with Crippen LogP contribution < -0.4 is 10.4 Å². The monoisotopic (exact) mass is 915 g/mol. The van der Waals surface area contributed by atoms with Crippen molar-refractivity contribution < 1.29 is 26.2 Å². The van der Waals surface area contributed by atoms with E-state index < -0.39 is 0 Å². The quantitative estimate of drug-likeness (QED) is 0.122. The largest absolute Gasteiger partial charge is 3.00 e. The molecule has 1 heterocycles. The van der Waals surface area contributed by atoms with E-state index in [1.165, 1.54) is 98.7 Å². The van der Waals surface area contributed by atoms with E-state index >= 15 is 0 Å². The molecule has 0 spiro atoms. The van der Waals surface area contributed by atoms with Gasteiger partial charge in [0.2, 0.25) is 0 Å². The minimum Gasteiger partial charge on any atom is -0.184 e. The summed E-state index contributed by atoms with van der Waals surface area (Å²) in [5.41, 5.74) is 16.2. The second-order valence-electron chi connectivity index (χ2n) is 18.6. The van der Waals surface area contributed by atoms with Crippen molar-refractivity contribution >= 4 is 41.4 Å². The van der Waals surface area contributed by atoms with Gasteiger partial charge in [0.25, 0.3) is 0 Å². The molecule has 0 aromatic heterocycles. The van der Waals surface area contributed by atoms with Gasteiger partial charge in [-0.2, -0.15) is 29.5 Å². The van der Waals surface area contributed by atoms with Crippen LogP contribution in [0.1, 0.15) is 52.7 Å². The Balaban J connectivity index is 0.000000136. The Morgan fingerprint density at radius 1 is 0.391 bits per heavy atom. The van der Waals surface area contributed by atoms with Crippen molar-refractivity contribution in [3.05, 3.63) is 230 Å². The van der Waals surface area contributed by atoms with E-state index in [9.17, 15) is 0 Å². The van der Waals surface area contributed by atoms with Gasteiger partial charge >= 0.3 is 26.2 Å². The summed E-state index contributed by atoms with van der Waals surface area (Å²) in [6.07, 6.45) is 0. The molecule has 0 N–H and O–H groups in total. The SMILES string of the molecule is CC(C)(C)c1ccccc1-c1cccc2[cH-]c(-c3ccccc3)cc12.CC(C)(C)c1ccccc1-c1cccc2[cH-]c(-c3ccccc3)cc12.[Zr+3].[c-]1cccc2c1[Si]c1ccccc1-2. The molecule has 1 aliphatic rings.